The van der Waals surface area contributed by atoms with Crippen LogP contribution in [-0.4, -0.2) is 76.5 Å². The molecule has 0 rings (SSSR count). The summed E-state index contributed by atoms with van der Waals surface area (Å²) in [5.41, 5.74) is 16.4. The van der Waals surface area contributed by atoms with Gasteiger partial charge in [0.05, 0.1) is 12.5 Å². The molecule has 0 saturated heterocycles. The van der Waals surface area contributed by atoms with Gasteiger partial charge in [0, 0.05) is 6.54 Å². The summed E-state index contributed by atoms with van der Waals surface area (Å²) in [6.07, 6.45) is 0.477. The number of carboxylic acid groups (broad SMARTS) is 2. The van der Waals surface area contributed by atoms with E-state index in [1.54, 1.807) is 27.7 Å². The molecule has 0 heterocycles. The molecule has 206 valence electrons. The predicted octanol–water partition coefficient (Wildman–Crippen LogP) is -1.53. The molecule has 0 radical (unpaired) electrons. The highest BCUT2D eigenvalue weighted by Gasteiger charge is 2.33. The van der Waals surface area contributed by atoms with Crippen LogP contribution in [0.25, 0.3) is 0 Å². The standard InChI is InChI=1S/C22H41N7O7/c1-5-12(4)17(29-18(32)13(23)7-6-8-26-22(24)25)20(34)27-14(10-16(30)31)19(33)28-15(21(35)36)9-11(2)3/h11-15,17H,5-10,23H2,1-4H3,(H,27,34)(H,28,33)(H,29,32)(H,30,31)(H,35,36)(H4,24,25,26). The Morgan fingerprint density at radius 3 is 1.94 bits per heavy atom. The second kappa shape index (κ2) is 16.3. The van der Waals surface area contributed by atoms with Crippen LogP contribution >= 0.6 is 0 Å². The van der Waals surface area contributed by atoms with E-state index in [1.165, 1.54) is 0 Å². The first-order valence-electron chi connectivity index (χ1n) is 11.9. The van der Waals surface area contributed by atoms with Crippen LogP contribution < -0.4 is 33.2 Å². The third kappa shape index (κ3) is 12.9. The number of aliphatic carboxylic acids is 2. The van der Waals surface area contributed by atoms with Gasteiger partial charge in [-0.2, -0.15) is 0 Å². The summed E-state index contributed by atoms with van der Waals surface area (Å²) in [4.78, 5) is 64.9. The normalized spacial score (nSPS) is 15.1. The van der Waals surface area contributed by atoms with E-state index < -0.39 is 60.2 Å². The van der Waals surface area contributed by atoms with Crippen LogP contribution in [0.4, 0.5) is 0 Å². The molecule has 14 nitrogen and oxygen atoms in total. The minimum atomic E-state index is -1.55. The van der Waals surface area contributed by atoms with Crippen molar-refractivity contribution in [2.45, 2.75) is 84.0 Å². The zero-order valence-corrected chi connectivity index (χ0v) is 21.3. The molecule has 0 aliphatic heterocycles. The summed E-state index contributed by atoms with van der Waals surface area (Å²) in [5, 5.41) is 25.8. The lowest BCUT2D eigenvalue weighted by molar-refractivity contribution is -0.144. The summed E-state index contributed by atoms with van der Waals surface area (Å²) in [5.74, 6) is -5.54. The third-order valence-electron chi connectivity index (χ3n) is 5.43. The highest BCUT2D eigenvalue weighted by Crippen LogP contribution is 2.11. The Morgan fingerprint density at radius 1 is 0.889 bits per heavy atom. The molecular formula is C22H41N7O7. The van der Waals surface area contributed by atoms with E-state index in [0.717, 1.165) is 0 Å². The first-order chi connectivity index (χ1) is 16.7. The molecule has 5 unspecified atom stereocenters. The Labute approximate surface area is 210 Å². The Hall–Kier alpha value is -3.42. The molecule has 3 amide bonds. The number of nitrogens with one attached hydrogen (secondary N) is 3. The number of rotatable bonds is 17. The molecule has 0 aliphatic rings. The van der Waals surface area contributed by atoms with Gasteiger partial charge in [0.2, 0.25) is 17.7 Å². The van der Waals surface area contributed by atoms with Gasteiger partial charge in [-0.15, -0.1) is 0 Å². The van der Waals surface area contributed by atoms with Gasteiger partial charge in [0.25, 0.3) is 0 Å². The topological polar surface area (TPSA) is 252 Å². The van der Waals surface area contributed by atoms with Crippen LogP contribution in [0, 0.1) is 11.8 Å². The molecule has 0 aromatic heterocycles. The van der Waals surface area contributed by atoms with Gasteiger partial charge in [0.15, 0.2) is 5.96 Å². The number of amides is 3. The molecule has 11 N–H and O–H groups in total. The molecule has 0 aromatic carbocycles. The number of hydrogen-bond donors (Lipinski definition) is 8. The molecule has 0 spiro atoms. The van der Waals surface area contributed by atoms with Crippen LogP contribution in [0.2, 0.25) is 0 Å². The summed E-state index contributed by atoms with van der Waals surface area (Å²) >= 11 is 0. The minimum absolute atomic E-state index is 0.0624. The van der Waals surface area contributed by atoms with E-state index in [0.29, 0.717) is 12.8 Å². The van der Waals surface area contributed by atoms with Gasteiger partial charge < -0.3 is 43.4 Å². The molecule has 0 fully saturated rings. The first kappa shape index (κ1) is 32.6. The molecule has 0 saturated carbocycles. The fraction of sp³-hybridized carbons (Fsp3) is 0.727. The van der Waals surface area contributed by atoms with Gasteiger partial charge >= 0.3 is 11.9 Å². The molecule has 5 atom stereocenters. The van der Waals surface area contributed by atoms with E-state index in [9.17, 15) is 34.2 Å². The first-order valence-corrected chi connectivity index (χ1v) is 11.9. The Balaban J connectivity index is 5.47. The van der Waals surface area contributed by atoms with Crippen molar-refractivity contribution in [3.8, 4) is 0 Å². The summed E-state index contributed by atoms with van der Waals surface area (Å²) in [6, 6.07) is -4.88. The maximum atomic E-state index is 13.0. The fourth-order valence-electron chi connectivity index (χ4n) is 3.22. The van der Waals surface area contributed by atoms with Crippen molar-refractivity contribution in [1.29, 1.82) is 0 Å². The monoisotopic (exact) mass is 515 g/mol. The quantitative estimate of drug-likeness (QED) is 0.0630. The van der Waals surface area contributed by atoms with Crippen LogP contribution in [0.15, 0.2) is 4.99 Å². The lowest BCUT2D eigenvalue weighted by Gasteiger charge is -2.27. The van der Waals surface area contributed by atoms with Crippen molar-refractivity contribution in [1.82, 2.24) is 16.0 Å². The fourth-order valence-corrected chi connectivity index (χ4v) is 3.22. The van der Waals surface area contributed by atoms with E-state index in [4.69, 9.17) is 17.2 Å². The maximum Gasteiger partial charge on any atom is 0.326 e. The summed E-state index contributed by atoms with van der Waals surface area (Å²) in [7, 11) is 0. The van der Waals surface area contributed by atoms with Crippen molar-refractivity contribution in [2.75, 3.05) is 6.54 Å². The van der Waals surface area contributed by atoms with E-state index in [-0.39, 0.29) is 37.2 Å². The number of aliphatic imine (C=N–C) groups is 1. The van der Waals surface area contributed by atoms with E-state index in [2.05, 4.69) is 20.9 Å². The number of carbonyl (C=O) groups excluding carboxylic acids is 3. The maximum absolute atomic E-state index is 13.0. The molecule has 0 aliphatic carbocycles. The second-order valence-corrected chi connectivity index (χ2v) is 9.12. The summed E-state index contributed by atoms with van der Waals surface area (Å²) < 4.78 is 0. The van der Waals surface area contributed by atoms with E-state index in [1.807, 2.05) is 0 Å². The number of carbonyl (C=O) groups is 5. The molecule has 0 bridgehead atoms. The highest BCUT2D eigenvalue weighted by molar-refractivity contribution is 5.95. The van der Waals surface area contributed by atoms with Crippen LogP contribution in [0.3, 0.4) is 0 Å². The van der Waals surface area contributed by atoms with Gasteiger partial charge in [0.1, 0.15) is 18.1 Å². The number of hydrogen-bond acceptors (Lipinski definition) is 7. The Bertz CT molecular complexity index is 800. The van der Waals surface area contributed by atoms with Crippen LogP contribution in [-0.2, 0) is 24.0 Å². The minimum Gasteiger partial charge on any atom is -0.481 e. The van der Waals surface area contributed by atoms with Crippen molar-refractivity contribution >= 4 is 35.6 Å². The van der Waals surface area contributed by atoms with Crippen molar-refractivity contribution in [3.05, 3.63) is 0 Å². The Morgan fingerprint density at radius 2 is 1.47 bits per heavy atom. The molecular weight excluding hydrogens is 474 g/mol. The SMILES string of the molecule is CCC(C)C(NC(=O)C(N)CCCN=C(N)N)C(=O)NC(CC(=O)O)C(=O)NC(CC(C)C)C(=O)O. The van der Waals surface area contributed by atoms with Crippen LogP contribution in [0.1, 0.15) is 59.8 Å². The van der Waals surface area contributed by atoms with Crippen molar-refractivity contribution in [3.63, 3.8) is 0 Å². The van der Waals surface area contributed by atoms with Gasteiger partial charge in [-0.3, -0.25) is 24.2 Å². The zero-order valence-electron chi connectivity index (χ0n) is 21.3. The van der Waals surface area contributed by atoms with Crippen molar-refractivity contribution in [2.24, 2.45) is 34.0 Å². The lowest BCUT2D eigenvalue weighted by Crippen LogP contribution is -2.59. The zero-order chi connectivity index (χ0) is 28.0. The Kier molecular flexibility index (Phi) is 14.7. The number of carboxylic acids is 2. The van der Waals surface area contributed by atoms with Gasteiger partial charge in [-0.05, 0) is 31.1 Å². The second-order valence-electron chi connectivity index (χ2n) is 9.12. The molecule has 14 heteroatoms. The average molecular weight is 516 g/mol. The number of nitrogens with zero attached hydrogens (tertiary/aromatic N) is 1. The molecule has 0 aromatic rings. The summed E-state index contributed by atoms with van der Waals surface area (Å²) in [6.45, 7) is 7.30. The van der Waals surface area contributed by atoms with Gasteiger partial charge in [-0.1, -0.05) is 34.1 Å². The number of nitrogens with two attached hydrogens (primary N) is 3. The van der Waals surface area contributed by atoms with Crippen molar-refractivity contribution < 1.29 is 34.2 Å². The smallest absolute Gasteiger partial charge is 0.326 e. The van der Waals surface area contributed by atoms with E-state index >= 15 is 0 Å². The lowest BCUT2D eigenvalue weighted by atomic mass is 9.97. The third-order valence-corrected chi connectivity index (χ3v) is 5.43. The van der Waals surface area contributed by atoms with Gasteiger partial charge in [-0.25, -0.2) is 4.79 Å². The van der Waals surface area contributed by atoms with Crippen LogP contribution in [0.5, 0.6) is 0 Å². The largest absolute Gasteiger partial charge is 0.481 e. The molecule has 36 heavy (non-hydrogen) atoms. The number of guanidine groups is 1. The predicted molar refractivity (Wildman–Crippen MR) is 132 cm³/mol. The average Bonchev–Trinajstić information content (AvgIpc) is 2.77. The highest BCUT2D eigenvalue weighted by atomic mass is 16.4.